The maximum absolute atomic E-state index is 14.1. The van der Waals surface area contributed by atoms with E-state index in [-0.39, 0.29) is 111 Å². The number of rotatable bonds is 45. The number of carbonyl (C=O) groups excluding carboxylic acids is 6. The van der Waals surface area contributed by atoms with E-state index in [4.69, 9.17) is 31.9 Å². The number of benzene rings is 4. The minimum atomic E-state index is -3.80. The van der Waals surface area contributed by atoms with E-state index in [2.05, 4.69) is 25.7 Å². The van der Waals surface area contributed by atoms with Crippen LogP contribution in [0.1, 0.15) is 132 Å². The quantitative estimate of drug-likeness (QED) is 0.0118. The number of nitriles is 1. The molecule has 2 saturated carbocycles. The third-order valence-electron chi connectivity index (χ3n) is 18.7. The summed E-state index contributed by atoms with van der Waals surface area (Å²) in [5, 5.41) is 48.0. The fraction of sp³-hybridized carbons (Fsp3) is 0.544. The number of sulfone groups is 3. The van der Waals surface area contributed by atoms with Gasteiger partial charge in [0.15, 0.2) is 29.5 Å². The number of alkyl carbamates (subject to hydrolysis) is 3. The number of ether oxygens (including phenoxy) is 3. The van der Waals surface area contributed by atoms with Gasteiger partial charge < -0.3 is 77.4 Å². The fourth-order valence-corrected chi connectivity index (χ4v) is 17.0. The van der Waals surface area contributed by atoms with Crippen molar-refractivity contribution in [2.24, 2.45) is 17.2 Å². The van der Waals surface area contributed by atoms with Crippen LogP contribution >= 0.6 is 0 Å². The summed E-state index contributed by atoms with van der Waals surface area (Å²) in [7, 11) is -10.1. The van der Waals surface area contributed by atoms with Crippen molar-refractivity contribution in [1.29, 1.82) is 5.26 Å². The lowest BCUT2D eigenvalue weighted by Gasteiger charge is -2.31. The van der Waals surface area contributed by atoms with E-state index in [1.165, 1.54) is 27.1 Å². The topological polar surface area (TPSA) is 454 Å². The van der Waals surface area contributed by atoms with Crippen LogP contribution < -0.4 is 33.2 Å². The summed E-state index contributed by atoms with van der Waals surface area (Å²) in [4.78, 5) is 85.4. The Hall–Kier alpha value is -9.07. The van der Waals surface area contributed by atoms with Gasteiger partial charge in [0.25, 0.3) is 0 Å². The normalized spacial score (nSPS) is 15.0. The molecule has 1 aromatic heterocycles. The van der Waals surface area contributed by atoms with Gasteiger partial charge in [-0.2, -0.15) is 5.26 Å². The van der Waals surface area contributed by atoms with E-state index in [0.717, 1.165) is 67.6 Å². The highest BCUT2D eigenvalue weighted by Crippen LogP contribution is 2.30. The summed E-state index contributed by atoms with van der Waals surface area (Å²) in [5.74, 6) is -9.29. The molecule has 648 valence electrons. The standard InChI is InChI=1S/C33H42F2N4O6S.C24H34F2N4O6S.C22H33F2N3O6S/c1-3-5-13-46(43,44)22-30(38-33(42)45-21-24-9-11-37-12-10-24)32(41)39(19-25-8-6-7-23(4-2)14-25)20-31(40)29(36)17-26-15-27(34)18-28(35)16-26;1-2-3-9-37(34,35)15-21(29-24(33)36-8-4-7-27)23(32)30(19-5-6-19)14-22(31)20(28)12-16-10-17(25)13-18(26)11-16;1-3-4-7-34(31,32)13-19(26-22(30)33-2)21(29)27(17-5-6-17)12-20(28)18(25)10-14-8-15(23)11-16(24)9-14/h6-12,14-16,18,29-31,40H,3-5,13,17,19-22,36H2,1-2H3,(H,38,42);10-11,13,19-22,31H,2-6,8-9,12,14-15,28H2,1H3,(H,29,33);8-9,11,17-20,28H,3-7,10,12-13,25H2,1-2H3,(H,26,30)/t29-,30+,31+;20-,21-,22+;18-,19-,20+/m000/s1. The van der Waals surface area contributed by atoms with Crippen LogP contribution in [0, 0.1) is 46.2 Å². The van der Waals surface area contributed by atoms with E-state index in [9.17, 15) is 95.7 Å². The average molecular weight is 1710 g/mol. The van der Waals surface area contributed by atoms with Gasteiger partial charge in [-0.1, -0.05) is 71.2 Å². The zero-order valence-electron chi connectivity index (χ0n) is 66.2. The Morgan fingerprint density at radius 3 is 1.22 bits per heavy atom. The number of halogens is 6. The summed E-state index contributed by atoms with van der Waals surface area (Å²) in [6, 6.07) is 13.4. The number of nitrogens with one attached hydrogen (secondary N) is 3. The molecular formula is C79H109F6N11O18S3. The van der Waals surface area contributed by atoms with Crippen LogP contribution in [0.2, 0.25) is 0 Å². The first kappa shape index (κ1) is 98.5. The molecule has 1 heterocycles. The van der Waals surface area contributed by atoms with Crippen molar-refractivity contribution in [2.75, 3.05) is 67.9 Å². The minimum absolute atomic E-state index is 0.0374. The second-order valence-corrected chi connectivity index (χ2v) is 35.6. The van der Waals surface area contributed by atoms with Crippen molar-refractivity contribution in [3.63, 3.8) is 0 Å². The molecular weight excluding hydrogens is 1600 g/mol. The molecule has 2 aliphatic rings. The molecule has 2 aliphatic carbocycles. The van der Waals surface area contributed by atoms with Gasteiger partial charge in [0.2, 0.25) is 17.7 Å². The summed E-state index contributed by atoms with van der Waals surface area (Å²) in [6.07, 6.45) is 2.15. The maximum Gasteiger partial charge on any atom is 0.408 e. The number of hydrogen-bond acceptors (Lipinski definition) is 23. The lowest BCUT2D eigenvalue weighted by molar-refractivity contribution is -0.135. The van der Waals surface area contributed by atoms with Crippen LogP contribution in [-0.4, -0.2) is 231 Å². The molecule has 0 spiro atoms. The highest BCUT2D eigenvalue weighted by Gasteiger charge is 2.42. The van der Waals surface area contributed by atoms with Gasteiger partial charge in [-0.25, -0.2) is 66.0 Å². The van der Waals surface area contributed by atoms with E-state index in [0.29, 0.717) is 81.4 Å². The van der Waals surface area contributed by atoms with Crippen molar-refractivity contribution in [2.45, 2.75) is 204 Å². The van der Waals surface area contributed by atoms with Gasteiger partial charge in [-0.05, 0) is 153 Å². The van der Waals surface area contributed by atoms with Crippen LogP contribution in [0.15, 0.2) is 103 Å². The number of aryl methyl sites for hydroxylation is 1. The zero-order valence-corrected chi connectivity index (χ0v) is 68.6. The molecule has 0 unspecified atom stereocenters. The Morgan fingerprint density at radius 1 is 0.504 bits per heavy atom. The highest BCUT2D eigenvalue weighted by molar-refractivity contribution is 7.92. The predicted molar refractivity (Wildman–Crippen MR) is 423 cm³/mol. The Bertz CT molecular complexity index is 4380. The molecule has 117 heavy (non-hydrogen) atoms. The minimum Gasteiger partial charge on any atom is -0.453 e. The van der Waals surface area contributed by atoms with Crippen molar-refractivity contribution < 1.29 is 110 Å². The molecule has 5 aromatic rings. The first-order chi connectivity index (χ1) is 55.3. The van der Waals surface area contributed by atoms with Crippen molar-refractivity contribution in [3.05, 3.63) is 172 Å². The van der Waals surface area contributed by atoms with Crippen molar-refractivity contribution in [3.8, 4) is 6.07 Å². The third-order valence-corrected chi connectivity index (χ3v) is 23.9. The SMILES string of the molecule is CCCCS(=O)(=O)C[C@@H](NC(=O)OCc1ccncc1)C(=O)N(Cc1cccc(CC)c1)C[C@@H](O)[C@@H](N)Cc1cc(F)cc(F)c1.CCCCS(=O)(=O)C[C@H](NC(=O)OC)C(=O)N(C[C@@H](O)[C@@H](N)Cc1cc(F)cc(F)c1)C1CC1.CCCCS(=O)(=O)C[C@H](NC(=O)OCCC#N)C(=O)N(C[C@@H](O)[C@@H](N)Cc1cc(F)cc(F)c1)C1CC1. The largest absolute Gasteiger partial charge is 0.453 e. The number of aromatic nitrogens is 1. The first-order valence-electron chi connectivity index (χ1n) is 38.5. The Kier molecular flexibility index (Phi) is 41.0. The Labute approximate surface area is 679 Å². The average Bonchev–Trinajstić information content (AvgIpc) is 1.69. The lowest BCUT2D eigenvalue weighted by atomic mass is 10.0. The van der Waals surface area contributed by atoms with Gasteiger partial charge >= 0.3 is 18.3 Å². The van der Waals surface area contributed by atoms with Gasteiger partial charge in [-0.15, -0.1) is 0 Å². The molecule has 0 saturated heterocycles. The number of nitrogens with two attached hydrogens (primary N) is 3. The lowest BCUT2D eigenvalue weighted by Crippen LogP contribution is -2.55. The fourth-order valence-electron chi connectivity index (χ4n) is 12.1. The van der Waals surface area contributed by atoms with E-state index >= 15 is 0 Å². The number of aliphatic hydroxyl groups is 3. The molecule has 38 heteroatoms. The molecule has 7 rings (SSSR count). The third kappa shape index (κ3) is 36.8. The molecule has 0 radical (unpaired) electrons. The van der Waals surface area contributed by atoms with Crippen molar-refractivity contribution in [1.82, 2.24) is 35.6 Å². The molecule has 2 fully saturated rings. The molecule has 12 N–H and O–H groups in total. The van der Waals surface area contributed by atoms with Crippen LogP contribution in [0.3, 0.4) is 0 Å². The van der Waals surface area contributed by atoms with Gasteiger partial charge in [-0.3, -0.25) is 19.4 Å². The number of nitrogens with zero attached hydrogens (tertiary/aromatic N) is 5. The number of amides is 6. The van der Waals surface area contributed by atoms with Crippen LogP contribution in [0.25, 0.3) is 0 Å². The summed E-state index contributed by atoms with van der Waals surface area (Å²) < 4.78 is 172. The molecule has 9 atom stereocenters. The maximum atomic E-state index is 14.1. The number of carbonyl (C=O) groups is 6. The number of unbranched alkanes of at least 4 members (excludes halogenated alkanes) is 3. The summed E-state index contributed by atoms with van der Waals surface area (Å²) in [5.41, 5.74) is 21.3. The first-order valence-corrected chi connectivity index (χ1v) is 44.0. The van der Waals surface area contributed by atoms with E-state index < -0.39 is 172 Å². The molecule has 4 aromatic carbocycles. The second-order valence-electron chi connectivity index (χ2n) is 28.9. The molecule has 29 nitrogen and oxygen atoms in total. The smallest absolute Gasteiger partial charge is 0.408 e. The van der Waals surface area contributed by atoms with Gasteiger partial charge in [0.1, 0.15) is 66.2 Å². The van der Waals surface area contributed by atoms with E-state index in [1.807, 2.05) is 45.9 Å². The summed E-state index contributed by atoms with van der Waals surface area (Å²) in [6.45, 7) is 6.21. The molecule has 6 amide bonds. The number of aliphatic hydroxyl groups excluding tert-OH is 3. The zero-order chi connectivity index (χ0) is 86.7. The number of pyridine rings is 1. The number of methoxy groups -OCH3 is 1. The highest BCUT2D eigenvalue weighted by atomic mass is 32.2. The number of hydrogen-bond donors (Lipinski definition) is 9. The van der Waals surface area contributed by atoms with Crippen LogP contribution in [0.5, 0.6) is 0 Å². The molecule has 0 aliphatic heterocycles. The van der Waals surface area contributed by atoms with Gasteiger partial charge in [0.05, 0.1) is 72.4 Å². The van der Waals surface area contributed by atoms with Crippen molar-refractivity contribution >= 4 is 65.5 Å². The van der Waals surface area contributed by atoms with Crippen LogP contribution in [-0.2, 0) is 96.9 Å². The van der Waals surface area contributed by atoms with E-state index in [1.54, 1.807) is 24.3 Å². The molecule has 0 bridgehead atoms. The van der Waals surface area contributed by atoms with Crippen LogP contribution in [0.4, 0.5) is 40.7 Å². The summed E-state index contributed by atoms with van der Waals surface area (Å²) >= 11 is 0. The Balaban J connectivity index is 0.000000317. The predicted octanol–water partition coefficient (Wildman–Crippen LogP) is 6.23. The second kappa shape index (κ2) is 48.7. The Morgan fingerprint density at radius 2 is 0.863 bits per heavy atom. The van der Waals surface area contributed by atoms with Gasteiger partial charge in [0, 0.05) is 87.0 Å². The monoisotopic (exact) mass is 1710 g/mol.